The highest BCUT2D eigenvalue weighted by Crippen LogP contribution is 2.12. The van der Waals surface area contributed by atoms with Crippen LogP contribution in [0, 0.1) is 5.92 Å². The van der Waals surface area contributed by atoms with E-state index in [1.807, 2.05) is 0 Å². The van der Waals surface area contributed by atoms with E-state index in [0.717, 1.165) is 5.75 Å². The van der Waals surface area contributed by atoms with Gasteiger partial charge in [0.2, 0.25) is 0 Å². The predicted molar refractivity (Wildman–Crippen MR) is 69.7 cm³/mol. The van der Waals surface area contributed by atoms with Crippen molar-refractivity contribution >= 4 is 38.1 Å². The minimum atomic E-state index is -2.98. The van der Waals surface area contributed by atoms with Crippen LogP contribution in [0.2, 0.25) is 0 Å². The predicted octanol–water partition coefficient (Wildman–Crippen LogP) is 1.56. The molecule has 0 bridgehead atoms. The molecule has 0 aromatic rings. The number of thiocarbonyl (C=S) groups is 1. The summed E-state index contributed by atoms with van der Waals surface area (Å²) in [7, 11) is -2.98. The third kappa shape index (κ3) is 4.99. The number of hydrogen-bond acceptors (Lipinski definition) is 4. The lowest BCUT2D eigenvalue weighted by atomic mass is 10.3. The average molecular weight is 265 g/mol. The molecule has 1 N–H and O–H groups in total. The monoisotopic (exact) mass is 265 g/mol. The zero-order valence-corrected chi connectivity index (χ0v) is 11.2. The Hall–Kier alpha value is -0.0700. The van der Waals surface area contributed by atoms with Gasteiger partial charge in [-0.05, 0) is 12.0 Å². The van der Waals surface area contributed by atoms with Crippen molar-refractivity contribution in [3.8, 4) is 0 Å². The van der Waals surface area contributed by atoms with Gasteiger partial charge < -0.3 is 5.32 Å². The van der Waals surface area contributed by atoms with Gasteiger partial charge in [-0.3, -0.25) is 0 Å². The fourth-order valence-corrected chi connectivity index (χ4v) is 3.41. The van der Waals surface area contributed by atoms with E-state index in [9.17, 15) is 8.42 Å². The minimum Gasteiger partial charge on any atom is -0.364 e. The fourth-order valence-electron chi connectivity index (χ4n) is 1.10. The van der Waals surface area contributed by atoms with E-state index in [-0.39, 0.29) is 11.8 Å². The first-order chi connectivity index (χ1) is 6.89. The Labute approximate surface area is 101 Å². The molecule has 15 heavy (non-hydrogen) atoms. The molecule has 3 nitrogen and oxygen atoms in total. The van der Waals surface area contributed by atoms with Gasteiger partial charge in [-0.25, -0.2) is 8.42 Å². The van der Waals surface area contributed by atoms with Crippen LogP contribution in [0.25, 0.3) is 0 Å². The molecule has 0 saturated heterocycles. The number of rotatable bonds is 3. The second-order valence-corrected chi connectivity index (χ2v) is 7.53. The van der Waals surface area contributed by atoms with Crippen molar-refractivity contribution < 1.29 is 8.42 Å². The highest BCUT2D eigenvalue weighted by atomic mass is 32.2. The summed E-state index contributed by atoms with van der Waals surface area (Å²) in [6.45, 7) is 4.24. The fraction of sp³-hybridized carbons (Fsp3) is 0.667. The molecule has 86 valence electrons. The van der Waals surface area contributed by atoms with Gasteiger partial charge in [-0.1, -0.05) is 37.8 Å². The largest absolute Gasteiger partial charge is 0.364 e. The Morgan fingerprint density at radius 3 is 2.80 bits per heavy atom. The lowest BCUT2D eigenvalue weighted by Crippen LogP contribution is -2.33. The van der Waals surface area contributed by atoms with Gasteiger partial charge in [-0.15, -0.1) is 0 Å². The maximum Gasteiger partial charge on any atom is 0.173 e. The number of sulfone groups is 1. The summed E-state index contributed by atoms with van der Waals surface area (Å²) in [6.07, 6.45) is 1.65. The zero-order valence-electron chi connectivity index (χ0n) is 8.76. The lowest BCUT2D eigenvalue weighted by molar-refractivity contribution is 0.603. The Balaban J connectivity index is 2.32. The van der Waals surface area contributed by atoms with Crippen molar-refractivity contribution in [3.05, 3.63) is 11.5 Å². The van der Waals surface area contributed by atoms with E-state index >= 15 is 0 Å². The number of hydrogen-bond donors (Lipinski definition) is 1. The van der Waals surface area contributed by atoms with Crippen molar-refractivity contribution in [1.29, 1.82) is 0 Å². The average Bonchev–Trinajstić information content (AvgIpc) is 2.42. The third-order valence-electron chi connectivity index (χ3n) is 1.78. The molecule has 0 fully saturated rings. The normalized spacial score (nSPS) is 23.3. The first-order valence-corrected chi connectivity index (χ1v) is 7.84. The van der Waals surface area contributed by atoms with E-state index in [4.69, 9.17) is 12.2 Å². The zero-order chi connectivity index (χ0) is 11.5. The highest BCUT2D eigenvalue weighted by molar-refractivity contribution is 8.22. The third-order valence-corrected chi connectivity index (χ3v) is 4.86. The van der Waals surface area contributed by atoms with Crippen molar-refractivity contribution in [2.75, 3.05) is 11.5 Å². The SMILES string of the molecule is CC(C)CSC(=S)NC1C=CS(=O)(=O)C1. The van der Waals surface area contributed by atoms with Crippen LogP contribution in [0.4, 0.5) is 0 Å². The van der Waals surface area contributed by atoms with E-state index in [1.165, 1.54) is 5.41 Å². The summed E-state index contributed by atoms with van der Waals surface area (Å²) < 4.78 is 22.9. The van der Waals surface area contributed by atoms with Gasteiger partial charge in [0, 0.05) is 11.2 Å². The Morgan fingerprint density at radius 2 is 2.33 bits per heavy atom. The van der Waals surface area contributed by atoms with Crippen LogP contribution in [0.1, 0.15) is 13.8 Å². The van der Waals surface area contributed by atoms with Crippen LogP contribution in [-0.2, 0) is 9.84 Å². The Morgan fingerprint density at radius 1 is 1.67 bits per heavy atom. The van der Waals surface area contributed by atoms with E-state index in [1.54, 1.807) is 17.8 Å². The number of nitrogens with one attached hydrogen (secondary N) is 1. The molecule has 6 heteroatoms. The van der Waals surface area contributed by atoms with Crippen molar-refractivity contribution in [2.45, 2.75) is 19.9 Å². The standard InChI is InChI=1S/C9H15NO2S3/c1-7(2)5-14-9(13)10-8-3-4-15(11,12)6-8/h3-4,7-8H,5-6H2,1-2H3,(H,10,13). The van der Waals surface area contributed by atoms with Crippen LogP contribution in [-0.4, -0.2) is 30.3 Å². The summed E-state index contributed by atoms with van der Waals surface area (Å²) in [5.74, 6) is 1.65. The number of thioether (sulfide) groups is 1. The lowest BCUT2D eigenvalue weighted by Gasteiger charge is -2.12. The van der Waals surface area contributed by atoms with Crippen molar-refractivity contribution in [3.63, 3.8) is 0 Å². The van der Waals surface area contributed by atoms with Gasteiger partial charge in [0.25, 0.3) is 0 Å². The van der Waals surface area contributed by atoms with Gasteiger partial charge in [0.1, 0.15) is 4.32 Å². The molecule has 1 rings (SSSR count). The summed E-state index contributed by atoms with van der Waals surface area (Å²) in [6, 6.07) is -0.151. The van der Waals surface area contributed by atoms with Crippen molar-refractivity contribution in [2.24, 2.45) is 5.92 Å². The Bertz CT molecular complexity index is 360. The van der Waals surface area contributed by atoms with Crippen LogP contribution in [0.3, 0.4) is 0 Å². The van der Waals surface area contributed by atoms with E-state index in [2.05, 4.69) is 19.2 Å². The van der Waals surface area contributed by atoms with Crippen molar-refractivity contribution in [1.82, 2.24) is 5.32 Å². The van der Waals surface area contributed by atoms with Gasteiger partial charge >= 0.3 is 0 Å². The molecule has 0 aliphatic carbocycles. The molecule has 0 aromatic carbocycles. The van der Waals surface area contributed by atoms with Gasteiger partial charge in [0.15, 0.2) is 9.84 Å². The Kier molecular flexibility index (Phi) is 4.61. The van der Waals surface area contributed by atoms with Crippen LogP contribution in [0.15, 0.2) is 11.5 Å². The molecule has 0 spiro atoms. The summed E-state index contributed by atoms with van der Waals surface area (Å²) in [5.41, 5.74) is 0. The maximum atomic E-state index is 11.1. The van der Waals surface area contributed by atoms with Gasteiger partial charge in [-0.2, -0.15) is 0 Å². The van der Waals surface area contributed by atoms with Crippen LogP contribution < -0.4 is 5.32 Å². The second-order valence-electron chi connectivity index (χ2n) is 3.90. The molecule has 1 unspecified atom stereocenters. The van der Waals surface area contributed by atoms with Gasteiger partial charge in [0.05, 0.1) is 11.8 Å². The van der Waals surface area contributed by atoms with E-state index < -0.39 is 9.84 Å². The molecule has 0 saturated carbocycles. The summed E-state index contributed by atoms with van der Waals surface area (Å²) in [5, 5.41) is 4.27. The molecule has 0 radical (unpaired) electrons. The molecule has 1 aliphatic rings. The first-order valence-electron chi connectivity index (χ1n) is 4.73. The minimum absolute atomic E-state index is 0.120. The first kappa shape index (κ1) is 13.0. The quantitative estimate of drug-likeness (QED) is 0.785. The molecule has 1 heterocycles. The molecule has 1 atom stereocenters. The summed E-state index contributed by atoms with van der Waals surface area (Å²) >= 11 is 6.67. The topological polar surface area (TPSA) is 46.2 Å². The second kappa shape index (κ2) is 5.32. The summed E-state index contributed by atoms with van der Waals surface area (Å²) in [4.78, 5) is 0. The maximum absolute atomic E-state index is 11.1. The molecular weight excluding hydrogens is 250 g/mol. The molecule has 0 amide bonds. The van der Waals surface area contributed by atoms with Crippen LogP contribution in [0.5, 0.6) is 0 Å². The van der Waals surface area contributed by atoms with Crippen LogP contribution >= 0.6 is 24.0 Å². The highest BCUT2D eigenvalue weighted by Gasteiger charge is 2.21. The molecular formula is C9H15NO2S3. The smallest absolute Gasteiger partial charge is 0.173 e. The van der Waals surface area contributed by atoms with E-state index in [0.29, 0.717) is 10.2 Å². The molecule has 1 aliphatic heterocycles. The molecule has 0 aromatic heterocycles.